The smallest absolute Gasteiger partial charge is 0.227 e. The summed E-state index contributed by atoms with van der Waals surface area (Å²) in [6.45, 7) is 10.9. The van der Waals surface area contributed by atoms with Crippen molar-refractivity contribution < 1.29 is 4.79 Å². The molecule has 1 rings (SSSR count). The van der Waals surface area contributed by atoms with E-state index in [1.165, 1.54) is 0 Å². The summed E-state index contributed by atoms with van der Waals surface area (Å²) in [6.07, 6.45) is 0. The molecule has 0 saturated carbocycles. The summed E-state index contributed by atoms with van der Waals surface area (Å²) in [4.78, 5) is 16.8. The normalized spacial score (nSPS) is 12.4. The van der Waals surface area contributed by atoms with E-state index in [0.29, 0.717) is 13.1 Å². The van der Waals surface area contributed by atoms with Crippen LogP contribution in [0.2, 0.25) is 0 Å². The number of hydrogen-bond donors (Lipinski definition) is 1. The van der Waals surface area contributed by atoms with Gasteiger partial charge in [-0.3, -0.25) is 4.79 Å². The molecule has 21 heavy (non-hydrogen) atoms. The van der Waals surface area contributed by atoms with E-state index in [1.54, 1.807) is 0 Å². The van der Waals surface area contributed by atoms with Crippen molar-refractivity contribution in [1.82, 2.24) is 9.80 Å². The molecule has 0 aliphatic rings. The number of hydrogen-bond acceptors (Lipinski definition) is 3. The molecule has 0 aliphatic heterocycles. The molecule has 1 unspecified atom stereocenters. The number of likely N-dealkylation sites (N-methyl/N-ethyl adjacent to an activating group) is 1. The maximum absolute atomic E-state index is 12.5. The van der Waals surface area contributed by atoms with Crippen LogP contribution in [0.5, 0.6) is 0 Å². The first-order valence-electron chi connectivity index (χ1n) is 7.87. The standard InChI is InChI=1S/C17H29N3O/c1-4-19(5-2)11-12-20(17(21)15(3)13-18)14-16-9-7-6-8-10-16/h6-10,15H,4-5,11-14,18H2,1-3H3. The third-order valence-electron chi connectivity index (χ3n) is 3.88. The zero-order chi connectivity index (χ0) is 15.7. The summed E-state index contributed by atoms with van der Waals surface area (Å²) in [7, 11) is 0. The third-order valence-corrected chi connectivity index (χ3v) is 3.88. The average molecular weight is 291 g/mol. The second kappa shape index (κ2) is 9.53. The lowest BCUT2D eigenvalue weighted by Gasteiger charge is -2.28. The highest BCUT2D eigenvalue weighted by Gasteiger charge is 2.19. The SMILES string of the molecule is CCN(CC)CCN(Cc1ccccc1)C(=O)C(C)CN. The summed E-state index contributed by atoms with van der Waals surface area (Å²) < 4.78 is 0. The second-order valence-electron chi connectivity index (χ2n) is 5.41. The minimum atomic E-state index is -0.120. The minimum Gasteiger partial charge on any atom is -0.337 e. The summed E-state index contributed by atoms with van der Waals surface area (Å²) >= 11 is 0. The van der Waals surface area contributed by atoms with Gasteiger partial charge >= 0.3 is 0 Å². The summed E-state index contributed by atoms with van der Waals surface area (Å²) in [5.41, 5.74) is 6.82. The van der Waals surface area contributed by atoms with Crippen molar-refractivity contribution in [2.24, 2.45) is 11.7 Å². The zero-order valence-electron chi connectivity index (χ0n) is 13.6. The van der Waals surface area contributed by atoms with Gasteiger partial charge < -0.3 is 15.5 Å². The van der Waals surface area contributed by atoms with Gasteiger partial charge in [0, 0.05) is 32.1 Å². The van der Waals surface area contributed by atoms with Crippen molar-refractivity contribution in [3.63, 3.8) is 0 Å². The molecule has 4 heteroatoms. The molecule has 118 valence electrons. The Bertz CT molecular complexity index is 404. The van der Waals surface area contributed by atoms with Crippen LogP contribution in [0.3, 0.4) is 0 Å². The Kier molecular flexibility index (Phi) is 8.01. The van der Waals surface area contributed by atoms with Crippen molar-refractivity contribution >= 4 is 5.91 Å². The Labute approximate surface area is 128 Å². The number of amides is 1. The van der Waals surface area contributed by atoms with Gasteiger partial charge in [-0.15, -0.1) is 0 Å². The van der Waals surface area contributed by atoms with Gasteiger partial charge in [-0.25, -0.2) is 0 Å². The Balaban J connectivity index is 2.72. The fourth-order valence-corrected chi connectivity index (χ4v) is 2.29. The molecular weight excluding hydrogens is 262 g/mol. The molecule has 4 nitrogen and oxygen atoms in total. The third kappa shape index (κ3) is 5.86. The van der Waals surface area contributed by atoms with Crippen molar-refractivity contribution in [1.29, 1.82) is 0 Å². The van der Waals surface area contributed by atoms with Gasteiger partial charge in [-0.2, -0.15) is 0 Å². The Hall–Kier alpha value is -1.39. The molecule has 1 amide bonds. The van der Waals surface area contributed by atoms with E-state index in [-0.39, 0.29) is 11.8 Å². The van der Waals surface area contributed by atoms with Crippen LogP contribution in [0.1, 0.15) is 26.3 Å². The Morgan fingerprint density at radius 2 is 1.76 bits per heavy atom. The first-order chi connectivity index (χ1) is 10.1. The van der Waals surface area contributed by atoms with Crippen molar-refractivity contribution in [3.8, 4) is 0 Å². The molecule has 1 aromatic carbocycles. The van der Waals surface area contributed by atoms with E-state index in [9.17, 15) is 4.79 Å². The largest absolute Gasteiger partial charge is 0.337 e. The molecule has 0 bridgehead atoms. The molecule has 0 saturated heterocycles. The second-order valence-corrected chi connectivity index (χ2v) is 5.41. The topological polar surface area (TPSA) is 49.6 Å². The monoisotopic (exact) mass is 291 g/mol. The Morgan fingerprint density at radius 3 is 2.29 bits per heavy atom. The first-order valence-corrected chi connectivity index (χ1v) is 7.87. The van der Waals surface area contributed by atoms with Gasteiger partial charge in [-0.1, -0.05) is 51.1 Å². The highest BCUT2D eigenvalue weighted by atomic mass is 16.2. The minimum absolute atomic E-state index is 0.120. The van der Waals surface area contributed by atoms with Crippen LogP contribution in [0.4, 0.5) is 0 Å². The van der Waals surface area contributed by atoms with E-state index in [1.807, 2.05) is 30.0 Å². The average Bonchev–Trinajstić information content (AvgIpc) is 2.54. The molecule has 2 N–H and O–H groups in total. The number of rotatable bonds is 9. The van der Waals surface area contributed by atoms with E-state index < -0.39 is 0 Å². The number of carbonyl (C=O) groups excluding carboxylic acids is 1. The van der Waals surface area contributed by atoms with Gasteiger partial charge in [-0.05, 0) is 18.7 Å². The van der Waals surface area contributed by atoms with Crippen LogP contribution in [0.25, 0.3) is 0 Å². The van der Waals surface area contributed by atoms with Crippen LogP contribution in [0, 0.1) is 5.92 Å². The van der Waals surface area contributed by atoms with Gasteiger partial charge in [0.1, 0.15) is 0 Å². The van der Waals surface area contributed by atoms with Gasteiger partial charge in [0.15, 0.2) is 0 Å². The number of benzene rings is 1. The lowest BCUT2D eigenvalue weighted by atomic mass is 10.1. The van der Waals surface area contributed by atoms with Crippen molar-refractivity contribution in [3.05, 3.63) is 35.9 Å². The molecule has 0 aromatic heterocycles. The fourth-order valence-electron chi connectivity index (χ4n) is 2.29. The lowest BCUT2D eigenvalue weighted by Crippen LogP contribution is -2.42. The predicted molar refractivity (Wildman–Crippen MR) is 87.9 cm³/mol. The zero-order valence-corrected chi connectivity index (χ0v) is 13.6. The van der Waals surface area contributed by atoms with Crippen LogP contribution in [0.15, 0.2) is 30.3 Å². The molecule has 0 aliphatic carbocycles. The van der Waals surface area contributed by atoms with E-state index in [0.717, 1.165) is 31.7 Å². The Morgan fingerprint density at radius 1 is 1.14 bits per heavy atom. The summed E-state index contributed by atoms with van der Waals surface area (Å²) in [5.74, 6) is 0.0268. The number of carbonyl (C=O) groups is 1. The molecule has 0 fully saturated rings. The maximum Gasteiger partial charge on any atom is 0.227 e. The van der Waals surface area contributed by atoms with E-state index >= 15 is 0 Å². The lowest BCUT2D eigenvalue weighted by molar-refractivity contribution is -0.135. The van der Waals surface area contributed by atoms with Gasteiger partial charge in [0.2, 0.25) is 5.91 Å². The molecule has 0 heterocycles. The quantitative estimate of drug-likeness (QED) is 0.756. The molecule has 1 aromatic rings. The molecule has 0 spiro atoms. The fraction of sp³-hybridized carbons (Fsp3) is 0.588. The van der Waals surface area contributed by atoms with Crippen LogP contribution in [-0.4, -0.2) is 48.4 Å². The van der Waals surface area contributed by atoms with Crippen molar-refractivity contribution in [2.75, 3.05) is 32.7 Å². The highest BCUT2D eigenvalue weighted by molar-refractivity contribution is 5.78. The first kappa shape index (κ1) is 17.7. The van der Waals surface area contributed by atoms with Crippen LogP contribution in [-0.2, 0) is 11.3 Å². The van der Waals surface area contributed by atoms with Crippen LogP contribution < -0.4 is 5.73 Å². The number of nitrogens with two attached hydrogens (primary N) is 1. The van der Waals surface area contributed by atoms with Gasteiger partial charge in [0.25, 0.3) is 0 Å². The van der Waals surface area contributed by atoms with E-state index in [2.05, 4.69) is 30.9 Å². The van der Waals surface area contributed by atoms with E-state index in [4.69, 9.17) is 5.73 Å². The molecular formula is C17H29N3O. The predicted octanol–water partition coefficient (Wildman–Crippen LogP) is 1.95. The van der Waals surface area contributed by atoms with Crippen molar-refractivity contribution in [2.45, 2.75) is 27.3 Å². The molecule has 1 atom stereocenters. The van der Waals surface area contributed by atoms with Crippen LogP contribution >= 0.6 is 0 Å². The molecule has 0 radical (unpaired) electrons. The summed E-state index contributed by atoms with van der Waals surface area (Å²) in [5, 5.41) is 0. The maximum atomic E-state index is 12.5. The summed E-state index contributed by atoms with van der Waals surface area (Å²) in [6, 6.07) is 10.1. The number of nitrogens with zero attached hydrogens (tertiary/aromatic N) is 2. The highest BCUT2D eigenvalue weighted by Crippen LogP contribution is 2.09. The van der Waals surface area contributed by atoms with Gasteiger partial charge in [0.05, 0.1) is 0 Å².